The third-order valence-corrected chi connectivity index (χ3v) is 4.49. The first-order chi connectivity index (χ1) is 13.2. The summed E-state index contributed by atoms with van der Waals surface area (Å²) in [5, 5.41) is 3.58. The van der Waals surface area contributed by atoms with E-state index >= 15 is 0 Å². The number of hydrogen-bond acceptors (Lipinski definition) is 5. The summed E-state index contributed by atoms with van der Waals surface area (Å²) in [6, 6.07) is 17.4. The minimum Gasteiger partial charge on any atom is -0.494 e. The fourth-order valence-electron chi connectivity index (χ4n) is 2.59. The molecule has 27 heavy (non-hydrogen) atoms. The molecule has 6 heteroatoms. The van der Waals surface area contributed by atoms with Gasteiger partial charge < -0.3 is 10.1 Å². The Hall–Kier alpha value is -2.86. The summed E-state index contributed by atoms with van der Waals surface area (Å²) in [6.45, 7) is 3.00. The number of rotatable bonds is 7. The zero-order valence-corrected chi connectivity index (χ0v) is 16.1. The van der Waals surface area contributed by atoms with E-state index < -0.39 is 0 Å². The van der Waals surface area contributed by atoms with Crippen LogP contribution in [-0.4, -0.2) is 28.7 Å². The Kier molecular flexibility index (Phi) is 6.44. The lowest BCUT2D eigenvalue weighted by Gasteiger charge is -2.11. The second-order valence-corrected chi connectivity index (χ2v) is 6.52. The lowest BCUT2D eigenvalue weighted by Crippen LogP contribution is -2.24. The van der Waals surface area contributed by atoms with Crippen LogP contribution in [0.2, 0.25) is 0 Å². The molecule has 0 atom stereocenters. The van der Waals surface area contributed by atoms with E-state index in [0.717, 1.165) is 16.9 Å². The van der Waals surface area contributed by atoms with E-state index in [1.54, 1.807) is 6.20 Å². The first kappa shape index (κ1) is 18.9. The van der Waals surface area contributed by atoms with Crippen LogP contribution in [-0.2, 0) is 6.54 Å². The van der Waals surface area contributed by atoms with Gasteiger partial charge in [-0.2, -0.15) is 0 Å². The van der Waals surface area contributed by atoms with Crippen molar-refractivity contribution in [2.45, 2.75) is 18.6 Å². The quantitative estimate of drug-likeness (QED) is 0.492. The molecule has 0 unspecified atom stereocenters. The van der Waals surface area contributed by atoms with Gasteiger partial charge in [0.15, 0.2) is 5.16 Å². The van der Waals surface area contributed by atoms with Crippen LogP contribution in [0.3, 0.4) is 0 Å². The largest absolute Gasteiger partial charge is 0.494 e. The third kappa shape index (κ3) is 4.86. The van der Waals surface area contributed by atoms with Crippen LogP contribution in [0.25, 0.3) is 11.3 Å². The number of nitrogens with one attached hydrogen (secondary N) is 1. The van der Waals surface area contributed by atoms with E-state index in [1.807, 2.05) is 67.8 Å². The molecule has 5 nitrogen and oxygen atoms in total. The monoisotopic (exact) mass is 379 g/mol. The molecular formula is C21H21N3O2S. The second kappa shape index (κ2) is 9.19. The Bertz CT molecular complexity index is 899. The van der Waals surface area contributed by atoms with Gasteiger partial charge in [-0.25, -0.2) is 9.97 Å². The van der Waals surface area contributed by atoms with Crippen LogP contribution in [0.15, 0.2) is 66.0 Å². The lowest BCUT2D eigenvalue weighted by molar-refractivity contribution is 0.0950. The summed E-state index contributed by atoms with van der Waals surface area (Å²) < 4.78 is 5.44. The fourth-order valence-corrected chi connectivity index (χ4v) is 2.93. The maximum atomic E-state index is 12.8. The molecule has 0 radical (unpaired) electrons. The maximum absolute atomic E-state index is 12.8. The van der Waals surface area contributed by atoms with E-state index in [4.69, 9.17) is 4.74 Å². The Morgan fingerprint density at radius 1 is 1.11 bits per heavy atom. The third-order valence-electron chi connectivity index (χ3n) is 3.93. The summed E-state index contributed by atoms with van der Waals surface area (Å²) in [7, 11) is 0. The van der Waals surface area contributed by atoms with Crippen LogP contribution in [0, 0.1) is 0 Å². The van der Waals surface area contributed by atoms with Crippen molar-refractivity contribution >= 4 is 17.7 Å². The van der Waals surface area contributed by atoms with Gasteiger partial charge in [-0.1, -0.05) is 54.2 Å². The Morgan fingerprint density at radius 2 is 1.85 bits per heavy atom. The molecule has 0 saturated carbocycles. The van der Waals surface area contributed by atoms with E-state index in [2.05, 4.69) is 15.3 Å². The second-order valence-electron chi connectivity index (χ2n) is 5.74. The standard InChI is InChI=1S/C21H21N3O2S/c1-3-26-17-11-9-15(10-12-17)13-22-20(25)18-14-23-21(27-2)24-19(18)16-7-5-4-6-8-16/h4-12,14H,3,13H2,1-2H3,(H,22,25). The van der Waals surface area contributed by atoms with Gasteiger partial charge in [0.25, 0.3) is 5.91 Å². The van der Waals surface area contributed by atoms with Crippen LogP contribution in [0.1, 0.15) is 22.8 Å². The maximum Gasteiger partial charge on any atom is 0.255 e. The van der Waals surface area contributed by atoms with E-state index in [0.29, 0.717) is 29.6 Å². The first-order valence-electron chi connectivity index (χ1n) is 8.67. The van der Waals surface area contributed by atoms with Gasteiger partial charge >= 0.3 is 0 Å². The normalized spacial score (nSPS) is 10.4. The molecule has 0 bridgehead atoms. The Labute approximate surface area is 163 Å². The van der Waals surface area contributed by atoms with Gasteiger partial charge in [0, 0.05) is 18.3 Å². The van der Waals surface area contributed by atoms with Crippen molar-refractivity contribution in [2.75, 3.05) is 12.9 Å². The van der Waals surface area contributed by atoms with Gasteiger partial charge in [0.1, 0.15) is 5.75 Å². The molecule has 2 aromatic carbocycles. The molecule has 0 aliphatic carbocycles. The van der Waals surface area contributed by atoms with Crippen molar-refractivity contribution in [1.29, 1.82) is 0 Å². The van der Waals surface area contributed by atoms with E-state index in [1.165, 1.54) is 11.8 Å². The predicted molar refractivity (Wildman–Crippen MR) is 108 cm³/mol. The summed E-state index contributed by atoms with van der Waals surface area (Å²) >= 11 is 1.45. The number of thioether (sulfide) groups is 1. The zero-order chi connectivity index (χ0) is 19.1. The number of carbonyl (C=O) groups is 1. The molecule has 0 aliphatic rings. The van der Waals surface area contributed by atoms with E-state index in [-0.39, 0.29) is 5.91 Å². The van der Waals surface area contributed by atoms with Gasteiger partial charge in [-0.15, -0.1) is 0 Å². The molecule has 0 spiro atoms. The molecule has 0 fully saturated rings. The van der Waals surface area contributed by atoms with Crippen LogP contribution in [0.5, 0.6) is 5.75 Å². The van der Waals surface area contributed by atoms with E-state index in [9.17, 15) is 4.79 Å². The van der Waals surface area contributed by atoms with Crippen molar-refractivity contribution in [2.24, 2.45) is 0 Å². The zero-order valence-electron chi connectivity index (χ0n) is 15.3. The first-order valence-corrected chi connectivity index (χ1v) is 9.90. The fraction of sp³-hybridized carbons (Fsp3) is 0.190. The van der Waals surface area contributed by atoms with Gasteiger partial charge in [-0.05, 0) is 30.9 Å². The smallest absolute Gasteiger partial charge is 0.255 e. The highest BCUT2D eigenvalue weighted by Gasteiger charge is 2.16. The minimum absolute atomic E-state index is 0.199. The average molecular weight is 379 g/mol. The topological polar surface area (TPSA) is 64.1 Å². The van der Waals surface area contributed by atoms with Crippen molar-refractivity contribution in [3.05, 3.63) is 71.9 Å². The van der Waals surface area contributed by atoms with Gasteiger partial charge in [-0.3, -0.25) is 4.79 Å². The Balaban J connectivity index is 1.78. The van der Waals surface area contributed by atoms with Crippen molar-refractivity contribution in [1.82, 2.24) is 15.3 Å². The van der Waals surface area contributed by atoms with Crippen molar-refractivity contribution < 1.29 is 9.53 Å². The summed E-state index contributed by atoms with van der Waals surface area (Å²) in [5.41, 5.74) is 2.99. The minimum atomic E-state index is -0.199. The molecule has 138 valence electrons. The summed E-state index contributed by atoms with van der Waals surface area (Å²) in [5.74, 6) is 0.621. The van der Waals surface area contributed by atoms with Crippen LogP contribution >= 0.6 is 11.8 Å². The number of aromatic nitrogens is 2. The van der Waals surface area contributed by atoms with Crippen molar-refractivity contribution in [3.63, 3.8) is 0 Å². The highest BCUT2D eigenvalue weighted by Crippen LogP contribution is 2.23. The number of amides is 1. The van der Waals surface area contributed by atoms with Gasteiger partial charge in [0.2, 0.25) is 0 Å². The SMILES string of the molecule is CCOc1ccc(CNC(=O)c2cnc(SC)nc2-c2ccccc2)cc1. The molecule has 3 rings (SSSR count). The van der Waals surface area contributed by atoms with Crippen molar-refractivity contribution in [3.8, 4) is 17.0 Å². The molecule has 0 saturated heterocycles. The molecule has 0 aliphatic heterocycles. The summed E-state index contributed by atoms with van der Waals surface area (Å²) in [4.78, 5) is 21.6. The molecule has 3 aromatic rings. The predicted octanol–water partition coefficient (Wildman–Crippen LogP) is 4.19. The van der Waals surface area contributed by atoms with Crippen LogP contribution in [0.4, 0.5) is 0 Å². The number of hydrogen-bond donors (Lipinski definition) is 1. The molecule has 1 amide bonds. The number of nitrogens with zero attached hydrogens (tertiary/aromatic N) is 2. The number of ether oxygens (including phenoxy) is 1. The Morgan fingerprint density at radius 3 is 2.52 bits per heavy atom. The lowest BCUT2D eigenvalue weighted by atomic mass is 10.1. The molecule has 1 aromatic heterocycles. The molecule has 1 N–H and O–H groups in total. The molecule has 1 heterocycles. The van der Waals surface area contributed by atoms with Crippen LogP contribution < -0.4 is 10.1 Å². The molecular weight excluding hydrogens is 358 g/mol. The number of carbonyl (C=O) groups excluding carboxylic acids is 1. The highest BCUT2D eigenvalue weighted by molar-refractivity contribution is 7.98. The number of benzene rings is 2. The summed E-state index contributed by atoms with van der Waals surface area (Å²) in [6.07, 6.45) is 3.50. The highest BCUT2D eigenvalue weighted by atomic mass is 32.2. The van der Waals surface area contributed by atoms with Gasteiger partial charge in [0.05, 0.1) is 17.9 Å². The average Bonchev–Trinajstić information content (AvgIpc) is 2.73.